The number of nitrogens with one attached hydrogen (secondary N) is 1. The van der Waals surface area contributed by atoms with Crippen molar-refractivity contribution in [2.24, 2.45) is 0 Å². The second-order valence-corrected chi connectivity index (χ2v) is 8.80. The number of ketones is 1. The quantitative estimate of drug-likeness (QED) is 0.528. The molecule has 1 heterocycles. The van der Waals surface area contributed by atoms with Crippen molar-refractivity contribution in [3.05, 3.63) is 80.5 Å². The fourth-order valence-corrected chi connectivity index (χ4v) is 4.74. The van der Waals surface area contributed by atoms with Crippen molar-refractivity contribution in [2.75, 3.05) is 10.2 Å². The maximum atomic E-state index is 13.2. The molecule has 2 aromatic rings. The first-order valence-electron chi connectivity index (χ1n) is 9.73. The van der Waals surface area contributed by atoms with Gasteiger partial charge in [-0.3, -0.25) is 14.5 Å². The van der Waals surface area contributed by atoms with Gasteiger partial charge in [-0.05, 0) is 54.8 Å². The lowest BCUT2D eigenvalue weighted by atomic mass is 9.84. The molecule has 154 valence electrons. The molecule has 6 heteroatoms. The average Bonchev–Trinajstić information content (AvgIpc) is 2.76. The molecule has 1 atom stereocenters. The number of aryl methyl sites for hydroxylation is 2. The van der Waals surface area contributed by atoms with Gasteiger partial charge in [-0.25, -0.2) is 0 Å². The molecule has 0 radical (unpaired) electrons. The Labute approximate surface area is 186 Å². The number of nitrogens with zero attached hydrogens (tertiary/aromatic N) is 1. The van der Waals surface area contributed by atoms with Crippen LogP contribution in [0, 0.1) is 13.8 Å². The van der Waals surface area contributed by atoms with Gasteiger partial charge in [-0.15, -0.1) is 0 Å². The van der Waals surface area contributed by atoms with Crippen molar-refractivity contribution in [3.63, 3.8) is 0 Å². The van der Waals surface area contributed by atoms with Crippen LogP contribution in [0.15, 0.2) is 53.8 Å². The summed E-state index contributed by atoms with van der Waals surface area (Å²) < 4.78 is 0. The van der Waals surface area contributed by atoms with Crippen LogP contribution in [0.25, 0.3) is 0 Å². The fourth-order valence-electron chi connectivity index (χ4n) is 4.23. The number of benzene rings is 2. The van der Waals surface area contributed by atoms with E-state index in [4.69, 9.17) is 23.2 Å². The molecule has 0 aromatic heterocycles. The van der Waals surface area contributed by atoms with E-state index < -0.39 is 6.04 Å². The number of hydrogen-bond acceptors (Lipinski definition) is 3. The van der Waals surface area contributed by atoms with Crippen LogP contribution in [0.4, 0.5) is 11.4 Å². The van der Waals surface area contributed by atoms with Gasteiger partial charge < -0.3 is 5.32 Å². The van der Waals surface area contributed by atoms with E-state index in [9.17, 15) is 9.59 Å². The van der Waals surface area contributed by atoms with E-state index in [1.165, 1.54) is 6.92 Å². The average molecular weight is 441 g/mol. The van der Waals surface area contributed by atoms with E-state index in [0.717, 1.165) is 33.8 Å². The minimum atomic E-state index is -0.654. The molecule has 1 aliphatic heterocycles. The van der Waals surface area contributed by atoms with Crippen molar-refractivity contribution < 1.29 is 9.59 Å². The molecule has 0 fully saturated rings. The Balaban J connectivity index is 2.07. The normalized spacial score (nSPS) is 18.6. The van der Waals surface area contributed by atoms with E-state index in [0.29, 0.717) is 27.6 Å². The monoisotopic (exact) mass is 440 g/mol. The molecule has 2 aromatic carbocycles. The van der Waals surface area contributed by atoms with Crippen LogP contribution >= 0.6 is 23.2 Å². The molecule has 2 aliphatic rings. The third kappa shape index (κ3) is 3.44. The zero-order chi connectivity index (χ0) is 21.7. The third-order valence-corrected chi connectivity index (χ3v) is 6.31. The zero-order valence-electron chi connectivity index (χ0n) is 17.1. The molecule has 0 saturated heterocycles. The predicted octanol–water partition coefficient (Wildman–Crippen LogP) is 6.30. The smallest absolute Gasteiger partial charge is 0.224 e. The Morgan fingerprint density at radius 3 is 2.50 bits per heavy atom. The molecule has 1 unspecified atom stereocenters. The van der Waals surface area contributed by atoms with Crippen LogP contribution in [-0.4, -0.2) is 11.7 Å². The lowest BCUT2D eigenvalue weighted by Crippen LogP contribution is -2.37. The summed E-state index contributed by atoms with van der Waals surface area (Å²) in [5, 5.41) is 4.35. The van der Waals surface area contributed by atoms with Crippen molar-refractivity contribution >= 4 is 46.3 Å². The van der Waals surface area contributed by atoms with Gasteiger partial charge in [0.2, 0.25) is 5.91 Å². The van der Waals surface area contributed by atoms with Gasteiger partial charge in [0.15, 0.2) is 5.78 Å². The first kappa shape index (κ1) is 20.7. The van der Waals surface area contributed by atoms with Crippen LogP contribution in [0.1, 0.15) is 42.5 Å². The van der Waals surface area contributed by atoms with E-state index in [2.05, 4.69) is 11.9 Å². The summed E-state index contributed by atoms with van der Waals surface area (Å²) in [4.78, 5) is 27.9. The number of carbonyl (C=O) groups excluding carboxylic acids is 2. The molecule has 1 N–H and O–H groups in total. The number of amides is 1. The van der Waals surface area contributed by atoms with E-state index in [1.54, 1.807) is 23.1 Å². The summed E-state index contributed by atoms with van der Waals surface area (Å²) in [6.07, 6.45) is 0.795. The highest BCUT2D eigenvalue weighted by molar-refractivity contribution is 6.35. The second-order valence-electron chi connectivity index (χ2n) is 7.95. The number of carbonyl (C=O) groups is 2. The maximum Gasteiger partial charge on any atom is 0.224 e. The Kier molecular flexibility index (Phi) is 5.25. The molecule has 1 aliphatic carbocycles. The van der Waals surface area contributed by atoms with Gasteiger partial charge in [0, 0.05) is 41.1 Å². The molecular weight excluding hydrogens is 419 g/mol. The SMILES string of the molecule is C=C1CC(=O)C2=C(C1)Nc1cc(C)c(C)cc1N(C(C)=O)C2c1ccc(Cl)cc1Cl. The number of rotatable bonds is 1. The lowest BCUT2D eigenvalue weighted by Gasteiger charge is -2.34. The highest BCUT2D eigenvalue weighted by Crippen LogP contribution is 2.47. The summed E-state index contributed by atoms with van der Waals surface area (Å²) in [6, 6.07) is 8.50. The number of allylic oxidation sites excluding steroid dienone is 1. The molecular formula is C24H22Cl2N2O2. The van der Waals surface area contributed by atoms with E-state index >= 15 is 0 Å². The molecule has 4 nitrogen and oxygen atoms in total. The summed E-state index contributed by atoms with van der Waals surface area (Å²) in [6.45, 7) is 9.57. The first-order chi connectivity index (χ1) is 14.2. The summed E-state index contributed by atoms with van der Waals surface area (Å²) in [5.41, 5.74) is 6.47. The number of Topliss-reactive ketones (excluding diaryl/α,β-unsaturated/α-hetero) is 1. The zero-order valence-corrected chi connectivity index (χ0v) is 18.6. The topological polar surface area (TPSA) is 49.4 Å². The summed E-state index contributed by atoms with van der Waals surface area (Å²) in [5.74, 6) is -0.236. The van der Waals surface area contributed by atoms with Crippen molar-refractivity contribution in [1.82, 2.24) is 0 Å². The molecule has 0 bridgehead atoms. The number of anilines is 2. The van der Waals surface area contributed by atoms with Crippen LogP contribution in [0.3, 0.4) is 0 Å². The van der Waals surface area contributed by atoms with Gasteiger partial charge in [0.25, 0.3) is 0 Å². The minimum Gasteiger partial charge on any atom is -0.357 e. The van der Waals surface area contributed by atoms with Crippen molar-refractivity contribution in [2.45, 2.75) is 39.7 Å². The van der Waals surface area contributed by atoms with Crippen LogP contribution in [0.5, 0.6) is 0 Å². The number of hydrogen-bond donors (Lipinski definition) is 1. The van der Waals surface area contributed by atoms with Gasteiger partial charge in [0.05, 0.1) is 17.4 Å². The van der Waals surface area contributed by atoms with Gasteiger partial charge >= 0.3 is 0 Å². The Morgan fingerprint density at radius 1 is 1.13 bits per heavy atom. The van der Waals surface area contributed by atoms with Gasteiger partial charge in [-0.1, -0.05) is 41.4 Å². The highest BCUT2D eigenvalue weighted by Gasteiger charge is 2.40. The number of halogens is 2. The second kappa shape index (κ2) is 7.60. The number of fused-ring (bicyclic) bond motifs is 1. The fraction of sp³-hybridized carbons (Fsp3) is 0.250. The maximum absolute atomic E-state index is 13.2. The van der Waals surface area contributed by atoms with Crippen LogP contribution in [0.2, 0.25) is 10.0 Å². The van der Waals surface area contributed by atoms with Crippen molar-refractivity contribution in [1.29, 1.82) is 0 Å². The molecule has 1 amide bonds. The summed E-state index contributed by atoms with van der Waals surface area (Å²) in [7, 11) is 0. The van der Waals surface area contributed by atoms with Gasteiger partial charge in [0.1, 0.15) is 0 Å². The third-order valence-electron chi connectivity index (χ3n) is 5.75. The predicted molar refractivity (Wildman–Crippen MR) is 122 cm³/mol. The molecule has 4 rings (SSSR count). The van der Waals surface area contributed by atoms with Crippen LogP contribution in [-0.2, 0) is 9.59 Å². The lowest BCUT2D eigenvalue weighted by molar-refractivity contribution is -0.117. The Morgan fingerprint density at radius 2 is 1.83 bits per heavy atom. The Hall–Kier alpha value is -2.56. The largest absolute Gasteiger partial charge is 0.357 e. The molecule has 0 saturated carbocycles. The minimum absolute atomic E-state index is 0.0581. The summed E-state index contributed by atoms with van der Waals surface area (Å²) >= 11 is 12.7. The van der Waals surface area contributed by atoms with Crippen molar-refractivity contribution in [3.8, 4) is 0 Å². The van der Waals surface area contributed by atoms with E-state index in [1.807, 2.05) is 26.0 Å². The van der Waals surface area contributed by atoms with Crippen LogP contribution < -0.4 is 10.2 Å². The molecule has 0 spiro atoms. The Bertz CT molecular complexity index is 1150. The van der Waals surface area contributed by atoms with Gasteiger partial charge in [-0.2, -0.15) is 0 Å². The molecule has 30 heavy (non-hydrogen) atoms. The van der Waals surface area contributed by atoms with E-state index in [-0.39, 0.29) is 18.1 Å². The highest BCUT2D eigenvalue weighted by atomic mass is 35.5. The first-order valence-corrected chi connectivity index (χ1v) is 10.5. The standard InChI is InChI=1S/C24H22Cl2N2O2/c1-12-7-20-23(22(30)8-12)24(17-6-5-16(25)11-18(17)26)28(15(4)29)21-10-14(3)13(2)9-19(21)27-20/h5-6,9-11,24,27H,1,7-8H2,2-4H3.